The molecule has 3 aromatic rings. The largest absolute Gasteiger partial charge is 0.478 e. The van der Waals surface area contributed by atoms with Crippen LogP contribution in [0.1, 0.15) is 35.4 Å². The highest BCUT2D eigenvalue weighted by atomic mass is 16.6. The van der Waals surface area contributed by atoms with Crippen LogP contribution >= 0.6 is 0 Å². The summed E-state index contributed by atoms with van der Waals surface area (Å²) in [4.78, 5) is 39.0. The number of likely N-dealkylation sites (tertiary alicyclic amines) is 1. The number of amides is 1. The van der Waals surface area contributed by atoms with Gasteiger partial charge in [-0.15, -0.1) is 0 Å². The van der Waals surface area contributed by atoms with Crippen LogP contribution in [0.15, 0.2) is 78.9 Å². The Kier molecular flexibility index (Phi) is 6.71. The monoisotopic (exact) mass is 485 g/mol. The molecule has 1 amide bonds. The third-order valence-corrected chi connectivity index (χ3v) is 6.89. The molecule has 2 atom stereocenters. The van der Waals surface area contributed by atoms with Gasteiger partial charge in [0.15, 0.2) is 0 Å². The van der Waals surface area contributed by atoms with Gasteiger partial charge in [0, 0.05) is 18.9 Å². The van der Waals surface area contributed by atoms with Gasteiger partial charge in [-0.05, 0) is 40.7 Å². The first kappa shape index (κ1) is 23.6. The average molecular weight is 486 g/mol. The number of esters is 1. The number of carboxylic acids is 1. The minimum atomic E-state index is -1.33. The smallest absolute Gasteiger partial charge is 0.410 e. The highest BCUT2D eigenvalue weighted by Crippen LogP contribution is 2.44. The van der Waals surface area contributed by atoms with E-state index in [0.29, 0.717) is 19.4 Å². The third-order valence-electron chi connectivity index (χ3n) is 6.89. The summed E-state index contributed by atoms with van der Waals surface area (Å²) in [5, 5.41) is 9.58. The van der Waals surface area contributed by atoms with Gasteiger partial charge in [0.25, 0.3) is 0 Å². The van der Waals surface area contributed by atoms with E-state index in [1.165, 1.54) is 4.90 Å². The van der Waals surface area contributed by atoms with Crippen LogP contribution in [0.2, 0.25) is 0 Å². The predicted molar refractivity (Wildman–Crippen MR) is 132 cm³/mol. The van der Waals surface area contributed by atoms with Crippen LogP contribution in [0, 0.1) is 0 Å². The van der Waals surface area contributed by atoms with Crippen molar-refractivity contribution >= 4 is 18.0 Å². The van der Waals surface area contributed by atoms with Gasteiger partial charge in [0.05, 0.1) is 0 Å². The SMILES string of the molecule is O=C(O)C(Cc1ccccc1)OC(=O)C1CCCN1C(=O)OCC1c2ccccc2-c2ccccc21. The first-order valence-corrected chi connectivity index (χ1v) is 12.1. The summed E-state index contributed by atoms with van der Waals surface area (Å²) in [6.45, 7) is 0.504. The van der Waals surface area contributed by atoms with Crippen molar-refractivity contribution in [1.29, 1.82) is 0 Å². The Morgan fingerprint density at radius 2 is 1.50 bits per heavy atom. The van der Waals surface area contributed by atoms with Crippen molar-refractivity contribution in [2.75, 3.05) is 13.2 Å². The number of nitrogens with zero attached hydrogens (tertiary/aromatic N) is 1. The molecule has 0 radical (unpaired) electrons. The topological polar surface area (TPSA) is 93.1 Å². The number of fused-ring (bicyclic) bond motifs is 3. The Balaban J connectivity index is 1.24. The molecule has 5 rings (SSSR count). The van der Waals surface area contributed by atoms with Crippen molar-refractivity contribution < 1.29 is 29.0 Å². The van der Waals surface area contributed by atoms with E-state index in [1.807, 2.05) is 42.5 Å². The number of carbonyl (C=O) groups is 3. The van der Waals surface area contributed by atoms with Gasteiger partial charge in [-0.25, -0.2) is 14.4 Å². The summed E-state index contributed by atoms with van der Waals surface area (Å²) >= 11 is 0. The van der Waals surface area contributed by atoms with Gasteiger partial charge in [0.2, 0.25) is 6.10 Å². The maximum absolute atomic E-state index is 13.0. The Labute approximate surface area is 209 Å². The van der Waals surface area contributed by atoms with Crippen molar-refractivity contribution in [3.05, 3.63) is 95.6 Å². The van der Waals surface area contributed by atoms with Crippen LogP contribution < -0.4 is 0 Å². The van der Waals surface area contributed by atoms with Gasteiger partial charge < -0.3 is 14.6 Å². The molecule has 0 bridgehead atoms. The number of ether oxygens (including phenoxy) is 2. The predicted octanol–water partition coefficient (Wildman–Crippen LogP) is 4.64. The minimum Gasteiger partial charge on any atom is -0.478 e. The number of benzene rings is 3. The number of carboxylic acid groups (broad SMARTS) is 1. The minimum absolute atomic E-state index is 0.0551. The lowest BCUT2D eigenvalue weighted by Gasteiger charge is -2.25. The molecule has 1 aliphatic carbocycles. The van der Waals surface area contributed by atoms with Gasteiger partial charge in [0.1, 0.15) is 12.6 Å². The first-order chi connectivity index (χ1) is 17.5. The van der Waals surface area contributed by atoms with Crippen LogP contribution in [0.3, 0.4) is 0 Å². The molecule has 7 nitrogen and oxygen atoms in total. The zero-order chi connectivity index (χ0) is 25.1. The zero-order valence-electron chi connectivity index (χ0n) is 19.7. The highest BCUT2D eigenvalue weighted by Gasteiger charge is 2.39. The maximum atomic E-state index is 13.0. The van der Waals surface area contributed by atoms with Crippen LogP contribution in [-0.4, -0.2) is 53.3 Å². The van der Waals surface area contributed by atoms with Gasteiger partial charge >= 0.3 is 18.0 Å². The molecule has 36 heavy (non-hydrogen) atoms. The lowest BCUT2D eigenvalue weighted by Crippen LogP contribution is -2.44. The fourth-order valence-corrected chi connectivity index (χ4v) is 5.13. The lowest BCUT2D eigenvalue weighted by atomic mass is 9.98. The number of carbonyl (C=O) groups excluding carboxylic acids is 2. The second-order valence-electron chi connectivity index (χ2n) is 9.11. The quantitative estimate of drug-likeness (QED) is 0.490. The summed E-state index contributed by atoms with van der Waals surface area (Å²) in [6.07, 6.45) is -0.850. The molecule has 1 aliphatic heterocycles. The fraction of sp³-hybridized carbons (Fsp3) is 0.276. The van der Waals surface area contributed by atoms with E-state index in [9.17, 15) is 19.5 Å². The van der Waals surface area contributed by atoms with Crippen LogP contribution in [0.5, 0.6) is 0 Å². The van der Waals surface area contributed by atoms with E-state index in [-0.39, 0.29) is 18.9 Å². The van der Waals surface area contributed by atoms with Crippen molar-refractivity contribution in [1.82, 2.24) is 4.90 Å². The standard InChI is InChI=1S/C29H27NO6/c31-27(32)26(17-19-9-2-1-3-10-19)36-28(33)25-15-8-16-30(25)29(34)35-18-24-22-13-6-4-11-20(22)21-12-5-7-14-23(21)24/h1-7,9-14,24-26H,8,15-18H2,(H,31,32). The van der Waals surface area contributed by atoms with Crippen molar-refractivity contribution in [2.45, 2.75) is 37.3 Å². The molecule has 1 fully saturated rings. The summed E-state index contributed by atoms with van der Waals surface area (Å²) in [5.74, 6) is -2.03. The maximum Gasteiger partial charge on any atom is 0.410 e. The molecule has 1 saturated heterocycles. The molecule has 0 aromatic heterocycles. The molecule has 184 valence electrons. The van der Waals surface area contributed by atoms with E-state index in [2.05, 4.69) is 12.1 Å². The molecule has 7 heteroatoms. The Hall–Kier alpha value is -4.13. The summed E-state index contributed by atoms with van der Waals surface area (Å²) in [5.41, 5.74) is 5.23. The zero-order valence-corrected chi connectivity index (χ0v) is 19.7. The molecule has 2 aliphatic rings. The van der Waals surface area contributed by atoms with Crippen LogP contribution in [0.4, 0.5) is 4.79 Å². The van der Waals surface area contributed by atoms with Gasteiger partial charge in [-0.1, -0.05) is 78.9 Å². The number of hydrogen-bond acceptors (Lipinski definition) is 5. The van der Waals surface area contributed by atoms with Crippen molar-refractivity contribution in [3.63, 3.8) is 0 Å². The van der Waals surface area contributed by atoms with Gasteiger partial charge in [-0.3, -0.25) is 4.90 Å². The fourth-order valence-electron chi connectivity index (χ4n) is 5.13. The highest BCUT2D eigenvalue weighted by molar-refractivity contribution is 5.85. The average Bonchev–Trinajstić information content (AvgIpc) is 3.51. The molecule has 0 saturated carbocycles. The van der Waals surface area contributed by atoms with E-state index in [4.69, 9.17) is 9.47 Å². The lowest BCUT2D eigenvalue weighted by molar-refractivity contribution is -0.166. The van der Waals surface area contributed by atoms with E-state index in [0.717, 1.165) is 27.8 Å². The van der Waals surface area contributed by atoms with Crippen LogP contribution in [-0.2, 0) is 25.5 Å². The molecule has 2 unspecified atom stereocenters. The molecule has 0 spiro atoms. The summed E-state index contributed by atoms with van der Waals surface area (Å²) in [7, 11) is 0. The number of aliphatic carboxylic acids is 1. The Morgan fingerprint density at radius 3 is 2.14 bits per heavy atom. The Bertz CT molecular complexity index is 1230. The summed E-state index contributed by atoms with van der Waals surface area (Å²) < 4.78 is 11.1. The third kappa shape index (κ3) is 4.69. The summed E-state index contributed by atoms with van der Waals surface area (Å²) in [6, 6.07) is 24.3. The molecule has 1 heterocycles. The molecule has 1 N–H and O–H groups in total. The first-order valence-electron chi connectivity index (χ1n) is 12.1. The van der Waals surface area contributed by atoms with Crippen LogP contribution in [0.25, 0.3) is 11.1 Å². The van der Waals surface area contributed by atoms with E-state index in [1.54, 1.807) is 24.3 Å². The van der Waals surface area contributed by atoms with Crippen molar-refractivity contribution in [2.24, 2.45) is 0 Å². The molecular weight excluding hydrogens is 458 g/mol. The van der Waals surface area contributed by atoms with E-state index >= 15 is 0 Å². The second kappa shape index (κ2) is 10.2. The second-order valence-corrected chi connectivity index (χ2v) is 9.11. The van der Waals surface area contributed by atoms with Gasteiger partial charge in [-0.2, -0.15) is 0 Å². The normalized spacial score (nSPS) is 17.2. The molecule has 3 aromatic carbocycles. The van der Waals surface area contributed by atoms with E-state index < -0.39 is 30.2 Å². The molecular formula is C29H27NO6. The van der Waals surface area contributed by atoms with Crippen molar-refractivity contribution in [3.8, 4) is 11.1 Å². The Morgan fingerprint density at radius 1 is 0.889 bits per heavy atom. The number of hydrogen-bond donors (Lipinski definition) is 1. The number of rotatable bonds is 7.